The third-order valence-electron chi connectivity index (χ3n) is 4.78. The largest absolute Gasteiger partial charge is 0.419 e. The van der Waals surface area contributed by atoms with Crippen molar-refractivity contribution in [1.82, 2.24) is 9.88 Å². The second-order valence-electron chi connectivity index (χ2n) is 6.67. The van der Waals surface area contributed by atoms with Crippen molar-refractivity contribution in [3.8, 4) is 0 Å². The van der Waals surface area contributed by atoms with Crippen molar-refractivity contribution in [2.45, 2.75) is 46.7 Å². The molecule has 0 amide bonds. The van der Waals surface area contributed by atoms with E-state index in [1.807, 2.05) is 19.1 Å². The van der Waals surface area contributed by atoms with Crippen LogP contribution < -0.4 is 11.1 Å². The van der Waals surface area contributed by atoms with Gasteiger partial charge in [0.1, 0.15) is 0 Å². The Bertz CT molecular complexity index is 711. The number of nitrogens with zero attached hydrogens (tertiary/aromatic N) is 1. The molecule has 1 fully saturated rings. The van der Waals surface area contributed by atoms with Gasteiger partial charge in [-0.1, -0.05) is 26.8 Å². The van der Waals surface area contributed by atoms with Crippen LogP contribution in [0.2, 0.25) is 0 Å². The maximum Gasteiger partial charge on any atom is 0.419 e. The molecule has 1 heterocycles. The monoisotopic (exact) mass is 288 g/mol. The summed E-state index contributed by atoms with van der Waals surface area (Å²) in [6.07, 6.45) is 1.24. The lowest BCUT2D eigenvalue weighted by Crippen LogP contribution is -2.24. The first kappa shape index (κ1) is 14.4. The Kier molecular flexibility index (Phi) is 3.44. The normalized spacial score (nSPS) is 21.6. The summed E-state index contributed by atoms with van der Waals surface area (Å²) in [7, 11) is 0. The van der Waals surface area contributed by atoms with Crippen molar-refractivity contribution < 1.29 is 4.42 Å². The predicted molar refractivity (Wildman–Crippen MR) is 84.5 cm³/mol. The fraction of sp³-hybridized carbons (Fsp3) is 0.588. The van der Waals surface area contributed by atoms with Crippen LogP contribution in [0.1, 0.15) is 45.7 Å². The highest BCUT2D eigenvalue weighted by molar-refractivity contribution is 5.74. The highest BCUT2D eigenvalue weighted by Gasteiger charge is 2.50. The zero-order valence-corrected chi connectivity index (χ0v) is 13.3. The van der Waals surface area contributed by atoms with E-state index >= 15 is 0 Å². The molecule has 0 saturated heterocycles. The standard InChI is InChI=1S/C17H24N2O2/c1-5-18-15(12-10-17(12,3)4)11-7-8-13-14(9-11)21-16(20)19(13)6-2/h7-9,12,15,18H,5-6,10H2,1-4H3. The molecule has 3 rings (SSSR count). The Morgan fingerprint density at radius 1 is 1.43 bits per heavy atom. The van der Waals surface area contributed by atoms with E-state index in [4.69, 9.17) is 4.42 Å². The number of rotatable bonds is 5. The molecule has 1 aliphatic rings. The van der Waals surface area contributed by atoms with Crippen molar-refractivity contribution in [3.63, 3.8) is 0 Å². The molecule has 1 aromatic heterocycles. The van der Waals surface area contributed by atoms with E-state index in [2.05, 4.69) is 32.2 Å². The lowest BCUT2D eigenvalue weighted by molar-refractivity contribution is 0.423. The topological polar surface area (TPSA) is 47.2 Å². The molecule has 1 aliphatic carbocycles. The molecular formula is C17H24N2O2. The molecule has 2 atom stereocenters. The van der Waals surface area contributed by atoms with Crippen molar-refractivity contribution >= 4 is 11.1 Å². The lowest BCUT2D eigenvalue weighted by atomic mass is 9.96. The van der Waals surface area contributed by atoms with Crippen LogP contribution in [-0.4, -0.2) is 11.1 Å². The van der Waals surface area contributed by atoms with Gasteiger partial charge in [0.25, 0.3) is 0 Å². The predicted octanol–water partition coefficient (Wildman–Crippen LogP) is 3.31. The van der Waals surface area contributed by atoms with Crippen LogP contribution in [0.15, 0.2) is 27.4 Å². The fourth-order valence-corrected chi connectivity index (χ4v) is 3.37. The molecule has 1 saturated carbocycles. The first-order chi connectivity index (χ1) is 9.97. The van der Waals surface area contributed by atoms with E-state index in [-0.39, 0.29) is 5.76 Å². The van der Waals surface area contributed by atoms with Gasteiger partial charge in [0, 0.05) is 12.6 Å². The minimum absolute atomic E-state index is 0.267. The molecule has 1 N–H and O–H groups in total. The van der Waals surface area contributed by atoms with Gasteiger partial charge in [-0.25, -0.2) is 4.79 Å². The molecule has 4 nitrogen and oxygen atoms in total. The van der Waals surface area contributed by atoms with Crippen molar-refractivity contribution in [2.24, 2.45) is 11.3 Å². The molecule has 0 bridgehead atoms. The van der Waals surface area contributed by atoms with Crippen LogP contribution in [0.4, 0.5) is 0 Å². The number of benzene rings is 1. The first-order valence-corrected chi connectivity index (χ1v) is 7.84. The van der Waals surface area contributed by atoms with E-state index in [1.165, 1.54) is 12.0 Å². The molecule has 4 heteroatoms. The number of fused-ring (bicyclic) bond motifs is 1. The summed E-state index contributed by atoms with van der Waals surface area (Å²) >= 11 is 0. The molecule has 2 unspecified atom stereocenters. The molecule has 21 heavy (non-hydrogen) atoms. The van der Waals surface area contributed by atoms with Gasteiger partial charge in [-0.05, 0) is 48.9 Å². The lowest BCUT2D eigenvalue weighted by Gasteiger charge is -2.20. The zero-order chi connectivity index (χ0) is 15.2. The first-order valence-electron chi connectivity index (χ1n) is 7.84. The summed E-state index contributed by atoms with van der Waals surface area (Å²) in [5, 5.41) is 3.59. The van der Waals surface area contributed by atoms with Gasteiger partial charge in [-0.2, -0.15) is 0 Å². The van der Waals surface area contributed by atoms with Crippen LogP contribution in [0.3, 0.4) is 0 Å². The van der Waals surface area contributed by atoms with E-state index in [9.17, 15) is 4.79 Å². The van der Waals surface area contributed by atoms with Crippen LogP contribution in [0, 0.1) is 11.3 Å². The fourth-order valence-electron chi connectivity index (χ4n) is 3.37. The summed E-state index contributed by atoms with van der Waals surface area (Å²) < 4.78 is 7.06. The summed E-state index contributed by atoms with van der Waals surface area (Å²) in [5.41, 5.74) is 3.20. The van der Waals surface area contributed by atoms with Crippen molar-refractivity contribution in [3.05, 3.63) is 34.3 Å². The van der Waals surface area contributed by atoms with E-state index in [0.717, 1.165) is 12.1 Å². The maximum atomic E-state index is 11.8. The smallest absolute Gasteiger partial charge is 0.408 e. The third kappa shape index (κ3) is 2.42. The molecular weight excluding hydrogens is 264 g/mol. The molecule has 0 radical (unpaired) electrons. The van der Waals surface area contributed by atoms with Crippen molar-refractivity contribution in [1.29, 1.82) is 0 Å². The summed E-state index contributed by atoms with van der Waals surface area (Å²) in [6, 6.07) is 6.51. The molecule has 0 spiro atoms. The maximum absolute atomic E-state index is 11.8. The number of nitrogens with one attached hydrogen (secondary N) is 1. The minimum Gasteiger partial charge on any atom is -0.408 e. The molecule has 1 aromatic carbocycles. The Morgan fingerprint density at radius 3 is 2.71 bits per heavy atom. The Balaban J connectivity index is 2.01. The number of aromatic nitrogens is 1. The van der Waals surface area contributed by atoms with Gasteiger partial charge < -0.3 is 9.73 Å². The van der Waals surface area contributed by atoms with Gasteiger partial charge >= 0.3 is 5.76 Å². The Labute approximate surface area is 125 Å². The van der Waals surface area contributed by atoms with Crippen LogP contribution in [0.25, 0.3) is 11.1 Å². The number of oxazole rings is 1. The molecule has 2 aromatic rings. The van der Waals surface area contributed by atoms with E-state index < -0.39 is 0 Å². The average molecular weight is 288 g/mol. The second kappa shape index (κ2) is 5.02. The zero-order valence-electron chi connectivity index (χ0n) is 13.3. The highest BCUT2D eigenvalue weighted by Crippen LogP contribution is 2.57. The Morgan fingerprint density at radius 2 is 2.14 bits per heavy atom. The highest BCUT2D eigenvalue weighted by atomic mass is 16.4. The van der Waals surface area contributed by atoms with E-state index in [1.54, 1.807) is 4.57 Å². The summed E-state index contributed by atoms with van der Waals surface area (Å²) in [6.45, 7) is 10.3. The SMILES string of the molecule is CCNC(c1ccc2c(c1)oc(=O)n2CC)C1CC1(C)C. The van der Waals surface area contributed by atoms with Gasteiger partial charge in [0.15, 0.2) is 5.58 Å². The summed E-state index contributed by atoms with van der Waals surface area (Å²) in [5.74, 6) is 0.381. The number of aryl methyl sites for hydroxylation is 1. The van der Waals surface area contributed by atoms with Gasteiger partial charge in [-0.15, -0.1) is 0 Å². The van der Waals surface area contributed by atoms with Crippen LogP contribution >= 0.6 is 0 Å². The Hall–Kier alpha value is -1.55. The second-order valence-corrected chi connectivity index (χ2v) is 6.67. The van der Waals surface area contributed by atoms with Crippen LogP contribution in [0.5, 0.6) is 0 Å². The van der Waals surface area contributed by atoms with Gasteiger partial charge in [-0.3, -0.25) is 4.57 Å². The summed E-state index contributed by atoms with van der Waals surface area (Å²) in [4.78, 5) is 11.8. The number of hydrogen-bond acceptors (Lipinski definition) is 3. The average Bonchev–Trinajstić information content (AvgIpc) is 2.93. The van der Waals surface area contributed by atoms with E-state index in [0.29, 0.717) is 29.5 Å². The minimum atomic E-state index is -0.267. The third-order valence-corrected chi connectivity index (χ3v) is 4.78. The van der Waals surface area contributed by atoms with Gasteiger partial charge in [0.2, 0.25) is 0 Å². The quantitative estimate of drug-likeness (QED) is 0.918. The van der Waals surface area contributed by atoms with Gasteiger partial charge in [0.05, 0.1) is 5.52 Å². The number of hydrogen-bond donors (Lipinski definition) is 1. The molecule has 114 valence electrons. The van der Waals surface area contributed by atoms with Crippen molar-refractivity contribution in [2.75, 3.05) is 6.54 Å². The molecule has 0 aliphatic heterocycles. The van der Waals surface area contributed by atoms with Crippen LogP contribution in [-0.2, 0) is 6.54 Å².